The van der Waals surface area contributed by atoms with Gasteiger partial charge >= 0.3 is 6.18 Å². The minimum Gasteiger partial charge on any atom is -0.504 e. The van der Waals surface area contributed by atoms with E-state index in [-0.39, 0.29) is 82.6 Å². The van der Waals surface area contributed by atoms with Crippen molar-refractivity contribution in [3.05, 3.63) is 86.8 Å². The zero-order valence-electron chi connectivity index (χ0n) is 29.9. The molecule has 294 valence electrons. The molecule has 0 unspecified atom stereocenters. The third-order valence-corrected chi connectivity index (χ3v) is 11.9. The van der Waals surface area contributed by atoms with Crippen LogP contribution in [0.5, 0.6) is 5.75 Å². The number of piperazine rings is 1. The fraction of sp³-hybridized carbons (Fsp3) is 0.343. The van der Waals surface area contributed by atoms with E-state index in [1.54, 1.807) is 18.7 Å². The van der Waals surface area contributed by atoms with Gasteiger partial charge in [-0.05, 0) is 62.2 Å². The number of aryl methyl sites for hydroxylation is 1. The highest BCUT2D eigenvalue weighted by Crippen LogP contribution is 2.34. The van der Waals surface area contributed by atoms with Crippen LogP contribution in [-0.2, 0) is 34.0 Å². The average Bonchev–Trinajstić information content (AvgIpc) is 3.59. The Morgan fingerprint density at radius 2 is 1.70 bits per heavy atom. The minimum absolute atomic E-state index is 0.0278. The second-order valence-electron chi connectivity index (χ2n) is 13.1. The molecule has 2 saturated heterocycles. The van der Waals surface area contributed by atoms with E-state index >= 15 is 0 Å². The van der Waals surface area contributed by atoms with E-state index in [1.165, 1.54) is 44.4 Å². The number of carbonyl (C=O) groups is 2. The predicted octanol–water partition coefficient (Wildman–Crippen LogP) is 3.59. The number of nitrogens with zero attached hydrogens (tertiary/aromatic N) is 9. The van der Waals surface area contributed by atoms with Crippen LogP contribution in [0.15, 0.2) is 58.5 Å². The predicted molar refractivity (Wildman–Crippen MR) is 197 cm³/mol. The first-order chi connectivity index (χ1) is 26.6. The number of halogens is 4. The van der Waals surface area contributed by atoms with Crippen LogP contribution in [0, 0.1) is 6.92 Å². The number of rotatable bonds is 9. The number of hydrogen-bond acceptors (Lipinski definition) is 11. The summed E-state index contributed by atoms with van der Waals surface area (Å²) in [6.45, 7) is 4.34. The molecular formula is C35H34ClF3N10O6S. The summed E-state index contributed by atoms with van der Waals surface area (Å²) >= 11 is 6.13. The van der Waals surface area contributed by atoms with Gasteiger partial charge in [-0.3, -0.25) is 14.4 Å². The van der Waals surface area contributed by atoms with Crippen molar-refractivity contribution in [3.8, 4) is 17.1 Å². The number of fused-ring (bicyclic) bond motifs is 1. The molecule has 5 heterocycles. The van der Waals surface area contributed by atoms with Crippen molar-refractivity contribution >= 4 is 50.6 Å². The van der Waals surface area contributed by atoms with E-state index in [1.807, 2.05) is 0 Å². The van der Waals surface area contributed by atoms with Crippen molar-refractivity contribution in [1.29, 1.82) is 0 Å². The Labute approximate surface area is 322 Å². The second kappa shape index (κ2) is 14.8. The highest BCUT2D eigenvalue weighted by molar-refractivity contribution is 7.89. The van der Waals surface area contributed by atoms with Crippen molar-refractivity contribution in [3.63, 3.8) is 0 Å². The quantitative estimate of drug-likeness (QED) is 0.221. The summed E-state index contributed by atoms with van der Waals surface area (Å²) in [5.41, 5.74) is -0.584. The van der Waals surface area contributed by atoms with Crippen LogP contribution in [0.2, 0.25) is 5.02 Å². The van der Waals surface area contributed by atoms with E-state index in [2.05, 4.69) is 25.4 Å². The maximum absolute atomic E-state index is 14.3. The maximum Gasteiger partial charge on any atom is 0.416 e. The second-order valence-corrected chi connectivity index (χ2v) is 15.5. The van der Waals surface area contributed by atoms with Crippen LogP contribution in [0.3, 0.4) is 0 Å². The molecule has 16 nitrogen and oxygen atoms in total. The Morgan fingerprint density at radius 3 is 2.30 bits per heavy atom. The summed E-state index contributed by atoms with van der Waals surface area (Å²) in [7, 11) is -3.67. The molecule has 21 heteroatoms. The number of amides is 2. The van der Waals surface area contributed by atoms with Crippen molar-refractivity contribution in [2.24, 2.45) is 0 Å². The van der Waals surface area contributed by atoms with Gasteiger partial charge in [0.2, 0.25) is 21.7 Å². The molecule has 5 aromatic rings. The molecule has 0 spiro atoms. The Morgan fingerprint density at radius 1 is 1.00 bits per heavy atom. The molecule has 2 fully saturated rings. The number of aromatic hydroxyl groups is 1. The van der Waals surface area contributed by atoms with E-state index < -0.39 is 45.7 Å². The first kappa shape index (κ1) is 38.7. The molecular weight excluding hydrogens is 781 g/mol. The monoisotopic (exact) mass is 814 g/mol. The average molecular weight is 815 g/mol. The van der Waals surface area contributed by atoms with Gasteiger partial charge in [-0.15, -0.1) is 5.10 Å². The normalized spacial score (nSPS) is 15.2. The van der Waals surface area contributed by atoms with Crippen LogP contribution in [0.25, 0.3) is 17.2 Å². The fourth-order valence-corrected chi connectivity index (χ4v) is 8.28. The topological polar surface area (TPSA) is 188 Å². The lowest BCUT2D eigenvalue weighted by Gasteiger charge is -2.36. The van der Waals surface area contributed by atoms with Crippen molar-refractivity contribution in [1.82, 2.24) is 38.3 Å². The van der Waals surface area contributed by atoms with E-state index in [0.29, 0.717) is 30.4 Å². The standard InChI is InChI=1S/C35H34ClF3N10O6S/c1-3-26-29(45-13-15-46(16-14-45)32(52)28-30(51)20(2)40-19-41-28)33(53)49-34(48(26)18-27(50)42-25-10-7-22(17-24(25)36)35(37,38)39)43-31(44-49)21-5-8-23(9-6-21)56(54,55)47-11-4-12-47/h5-10,17,19,51H,3-4,11-16,18H2,1-2H3,(H,42,50). The molecule has 2 N–H and O–H groups in total. The molecule has 0 aliphatic carbocycles. The summed E-state index contributed by atoms with van der Waals surface area (Å²) < 4.78 is 69.5. The van der Waals surface area contributed by atoms with Gasteiger partial charge in [0.1, 0.15) is 18.6 Å². The molecule has 0 radical (unpaired) electrons. The van der Waals surface area contributed by atoms with E-state index in [4.69, 9.17) is 11.6 Å². The number of sulfonamides is 1. The smallest absolute Gasteiger partial charge is 0.416 e. The molecule has 3 aromatic heterocycles. The van der Waals surface area contributed by atoms with E-state index in [0.717, 1.165) is 23.1 Å². The molecule has 2 amide bonds. The largest absolute Gasteiger partial charge is 0.504 e. The third kappa shape index (κ3) is 7.14. The Balaban J connectivity index is 1.25. The van der Waals surface area contributed by atoms with Gasteiger partial charge < -0.3 is 24.8 Å². The maximum atomic E-state index is 14.3. The molecule has 56 heavy (non-hydrogen) atoms. The summed E-state index contributed by atoms with van der Waals surface area (Å²) in [5, 5.41) is 17.1. The van der Waals surface area contributed by atoms with Crippen LogP contribution in [0.4, 0.5) is 24.5 Å². The summed E-state index contributed by atoms with van der Waals surface area (Å²) in [6, 6.07) is 8.42. The zero-order valence-corrected chi connectivity index (χ0v) is 31.5. The molecule has 2 aliphatic heterocycles. The summed E-state index contributed by atoms with van der Waals surface area (Å²) in [6.07, 6.45) is -2.47. The summed E-state index contributed by atoms with van der Waals surface area (Å²) in [5.74, 6) is -1.51. The number of hydrogen-bond donors (Lipinski definition) is 2. The van der Waals surface area contributed by atoms with Gasteiger partial charge in [0.15, 0.2) is 17.3 Å². The fourth-order valence-electron chi connectivity index (χ4n) is 6.54. The Bertz CT molecular complexity index is 2530. The van der Waals surface area contributed by atoms with Crippen LogP contribution >= 0.6 is 11.6 Å². The van der Waals surface area contributed by atoms with Crippen LogP contribution in [0.1, 0.15) is 40.8 Å². The Hall–Kier alpha value is -5.60. The number of benzene rings is 2. The SMILES string of the molecule is CCc1c(N2CCN(C(=O)c3ncnc(C)c3O)CC2)c(=O)n2nc(-c3ccc(S(=O)(=O)N4CCC4)cc3)nc2n1CC(=O)Nc1ccc(C(F)(F)F)cc1Cl. The Kier molecular flexibility index (Phi) is 10.2. The third-order valence-electron chi connectivity index (χ3n) is 9.69. The highest BCUT2D eigenvalue weighted by Gasteiger charge is 2.33. The van der Waals surface area contributed by atoms with Gasteiger partial charge in [0.25, 0.3) is 11.5 Å². The van der Waals surface area contributed by atoms with Gasteiger partial charge in [-0.1, -0.05) is 18.5 Å². The first-order valence-electron chi connectivity index (χ1n) is 17.4. The number of anilines is 2. The first-order valence-corrected chi connectivity index (χ1v) is 19.2. The molecule has 7 rings (SSSR count). The number of alkyl halides is 3. The van der Waals surface area contributed by atoms with Crippen LogP contribution in [-0.4, -0.2) is 103 Å². The molecule has 0 atom stereocenters. The molecule has 2 aromatic carbocycles. The lowest BCUT2D eigenvalue weighted by atomic mass is 10.2. The molecule has 2 aliphatic rings. The van der Waals surface area contributed by atoms with Gasteiger partial charge in [0, 0.05) is 44.8 Å². The lowest BCUT2D eigenvalue weighted by Crippen LogP contribution is -2.51. The van der Waals surface area contributed by atoms with Crippen molar-refractivity contribution in [2.45, 2.75) is 44.3 Å². The number of aromatic nitrogens is 6. The highest BCUT2D eigenvalue weighted by atomic mass is 35.5. The lowest BCUT2D eigenvalue weighted by molar-refractivity contribution is -0.137. The van der Waals surface area contributed by atoms with Gasteiger partial charge in [-0.2, -0.15) is 27.0 Å². The van der Waals surface area contributed by atoms with Crippen molar-refractivity contribution < 1.29 is 36.3 Å². The van der Waals surface area contributed by atoms with Crippen molar-refractivity contribution in [2.75, 3.05) is 49.5 Å². The minimum atomic E-state index is -4.65. The van der Waals surface area contributed by atoms with Gasteiger partial charge in [0.05, 0.1) is 32.6 Å². The molecule has 0 bridgehead atoms. The van der Waals surface area contributed by atoms with Gasteiger partial charge in [-0.25, -0.2) is 18.4 Å². The number of carbonyl (C=O) groups excluding carboxylic acids is 2. The number of nitrogens with one attached hydrogen (secondary N) is 1. The van der Waals surface area contributed by atoms with E-state index in [9.17, 15) is 41.1 Å². The zero-order chi connectivity index (χ0) is 40.1. The van der Waals surface area contributed by atoms with Crippen LogP contribution < -0.4 is 15.8 Å². The molecule has 0 saturated carbocycles. The summed E-state index contributed by atoms with van der Waals surface area (Å²) in [4.78, 5) is 57.0.